The maximum absolute atomic E-state index is 13.5. The molecule has 2 aromatic carbocycles. The Bertz CT molecular complexity index is 1120. The standard InChI is InChI=1S/C24H31Cl2N3O4S/c1-5-6-13-27-24(31)18(3)28(15-19-11-12-20(25)14-21(19)26)23(30)16-29(34(4,32)33)22-10-8-7-9-17(22)2/h7-12,14,18H,5-6,13,15-16H2,1-4H3,(H,27,31). The molecule has 2 aromatic rings. The van der Waals surface area contributed by atoms with E-state index in [0.717, 1.165) is 23.4 Å². The van der Waals surface area contributed by atoms with Crippen molar-refractivity contribution >= 4 is 50.7 Å². The van der Waals surface area contributed by atoms with Crippen molar-refractivity contribution in [1.29, 1.82) is 0 Å². The second kappa shape index (κ2) is 12.4. The molecule has 0 radical (unpaired) electrons. The Labute approximate surface area is 212 Å². The van der Waals surface area contributed by atoms with Crippen molar-refractivity contribution in [1.82, 2.24) is 10.2 Å². The Balaban J connectivity index is 2.40. The molecule has 2 amide bonds. The van der Waals surface area contributed by atoms with Crippen LogP contribution in [-0.2, 0) is 26.2 Å². The first-order chi connectivity index (χ1) is 16.0. The van der Waals surface area contributed by atoms with Gasteiger partial charge in [0.1, 0.15) is 12.6 Å². The van der Waals surface area contributed by atoms with Crippen LogP contribution in [0.5, 0.6) is 0 Å². The minimum absolute atomic E-state index is 0.0164. The molecule has 0 heterocycles. The van der Waals surface area contributed by atoms with Crippen molar-refractivity contribution in [3.05, 3.63) is 63.6 Å². The largest absolute Gasteiger partial charge is 0.354 e. The fraction of sp³-hybridized carbons (Fsp3) is 0.417. The van der Waals surface area contributed by atoms with Gasteiger partial charge in [-0.3, -0.25) is 13.9 Å². The molecule has 0 saturated heterocycles. The number of halogens is 2. The molecule has 0 spiro atoms. The van der Waals surface area contributed by atoms with Gasteiger partial charge in [0, 0.05) is 23.1 Å². The van der Waals surface area contributed by atoms with Crippen LogP contribution < -0.4 is 9.62 Å². The van der Waals surface area contributed by atoms with Crippen LogP contribution >= 0.6 is 23.2 Å². The van der Waals surface area contributed by atoms with Gasteiger partial charge in [-0.05, 0) is 49.6 Å². The fourth-order valence-electron chi connectivity index (χ4n) is 3.39. The fourth-order valence-corrected chi connectivity index (χ4v) is 4.77. The predicted molar refractivity (Wildman–Crippen MR) is 138 cm³/mol. The number of nitrogens with one attached hydrogen (secondary N) is 1. The summed E-state index contributed by atoms with van der Waals surface area (Å²) < 4.78 is 26.3. The number of hydrogen-bond acceptors (Lipinski definition) is 4. The van der Waals surface area contributed by atoms with Crippen LogP contribution in [0.4, 0.5) is 5.69 Å². The van der Waals surface area contributed by atoms with Crippen LogP contribution in [0, 0.1) is 6.92 Å². The van der Waals surface area contributed by atoms with Gasteiger partial charge in [0.05, 0.1) is 11.9 Å². The topological polar surface area (TPSA) is 86.8 Å². The third-order valence-electron chi connectivity index (χ3n) is 5.42. The summed E-state index contributed by atoms with van der Waals surface area (Å²) in [5.41, 5.74) is 1.70. The number of para-hydroxylation sites is 1. The summed E-state index contributed by atoms with van der Waals surface area (Å²) in [6, 6.07) is 10.9. The molecule has 0 fully saturated rings. The van der Waals surface area contributed by atoms with Gasteiger partial charge in [-0.25, -0.2) is 8.42 Å². The van der Waals surface area contributed by atoms with E-state index in [2.05, 4.69) is 5.32 Å². The van der Waals surface area contributed by atoms with E-state index in [-0.39, 0.29) is 12.5 Å². The predicted octanol–water partition coefficient (Wildman–Crippen LogP) is 4.40. The molecule has 1 unspecified atom stereocenters. The highest BCUT2D eigenvalue weighted by atomic mass is 35.5. The molecule has 0 aromatic heterocycles. The number of hydrogen-bond donors (Lipinski definition) is 1. The van der Waals surface area contributed by atoms with E-state index in [0.29, 0.717) is 33.4 Å². The van der Waals surface area contributed by atoms with Crippen LogP contribution in [0.2, 0.25) is 10.0 Å². The lowest BCUT2D eigenvalue weighted by Gasteiger charge is -2.32. The average Bonchev–Trinajstić information content (AvgIpc) is 2.76. The molecule has 0 aliphatic heterocycles. The summed E-state index contributed by atoms with van der Waals surface area (Å²) in [4.78, 5) is 27.7. The van der Waals surface area contributed by atoms with Crippen LogP contribution in [0.25, 0.3) is 0 Å². The molecular formula is C24H31Cl2N3O4S. The summed E-state index contributed by atoms with van der Waals surface area (Å²) in [5, 5.41) is 3.63. The van der Waals surface area contributed by atoms with E-state index in [1.807, 2.05) is 6.92 Å². The lowest BCUT2D eigenvalue weighted by molar-refractivity contribution is -0.139. The average molecular weight is 529 g/mol. The minimum Gasteiger partial charge on any atom is -0.354 e. The third-order valence-corrected chi connectivity index (χ3v) is 7.13. The Morgan fingerprint density at radius 1 is 1.12 bits per heavy atom. The van der Waals surface area contributed by atoms with Crippen molar-refractivity contribution in [2.24, 2.45) is 0 Å². The SMILES string of the molecule is CCCCNC(=O)C(C)N(Cc1ccc(Cl)cc1Cl)C(=O)CN(c1ccccc1C)S(C)(=O)=O. The Morgan fingerprint density at radius 2 is 1.79 bits per heavy atom. The molecule has 0 aliphatic rings. The minimum atomic E-state index is -3.78. The number of rotatable bonds is 11. The molecule has 0 saturated carbocycles. The van der Waals surface area contributed by atoms with Gasteiger partial charge in [0.15, 0.2) is 0 Å². The number of sulfonamides is 1. The van der Waals surface area contributed by atoms with E-state index in [9.17, 15) is 18.0 Å². The molecule has 1 atom stereocenters. The van der Waals surface area contributed by atoms with Crippen molar-refractivity contribution in [3.8, 4) is 0 Å². The lowest BCUT2D eigenvalue weighted by Crippen LogP contribution is -2.51. The van der Waals surface area contributed by atoms with E-state index < -0.39 is 28.5 Å². The third kappa shape index (κ3) is 7.61. The van der Waals surface area contributed by atoms with Gasteiger partial charge in [-0.2, -0.15) is 0 Å². The second-order valence-corrected chi connectivity index (χ2v) is 10.9. The highest BCUT2D eigenvalue weighted by molar-refractivity contribution is 7.92. The first-order valence-corrected chi connectivity index (χ1v) is 13.6. The Morgan fingerprint density at radius 3 is 2.38 bits per heavy atom. The number of nitrogens with zero attached hydrogens (tertiary/aromatic N) is 2. The van der Waals surface area contributed by atoms with E-state index >= 15 is 0 Å². The van der Waals surface area contributed by atoms with Crippen molar-refractivity contribution < 1.29 is 18.0 Å². The number of carbonyl (C=O) groups is 2. The Kier molecular flexibility index (Phi) is 10.2. The van der Waals surface area contributed by atoms with Crippen LogP contribution in [0.3, 0.4) is 0 Å². The molecular weight excluding hydrogens is 497 g/mol. The maximum Gasteiger partial charge on any atom is 0.244 e. The van der Waals surface area contributed by atoms with Gasteiger partial charge in [-0.1, -0.05) is 60.8 Å². The number of carbonyl (C=O) groups excluding carboxylic acids is 2. The zero-order valence-corrected chi connectivity index (χ0v) is 22.2. The summed E-state index contributed by atoms with van der Waals surface area (Å²) in [7, 11) is -3.78. The second-order valence-electron chi connectivity index (χ2n) is 8.13. The summed E-state index contributed by atoms with van der Waals surface area (Å²) in [6.45, 7) is 5.44. The monoisotopic (exact) mass is 527 g/mol. The summed E-state index contributed by atoms with van der Waals surface area (Å²) >= 11 is 12.3. The van der Waals surface area contributed by atoms with Gasteiger partial charge in [0.25, 0.3) is 0 Å². The maximum atomic E-state index is 13.5. The summed E-state index contributed by atoms with van der Waals surface area (Å²) in [5.74, 6) is -0.855. The Hall–Kier alpha value is -2.29. The number of amides is 2. The summed E-state index contributed by atoms with van der Waals surface area (Å²) in [6.07, 6.45) is 2.77. The highest BCUT2D eigenvalue weighted by Gasteiger charge is 2.30. The molecule has 1 N–H and O–H groups in total. The molecule has 186 valence electrons. The zero-order valence-electron chi connectivity index (χ0n) is 19.8. The zero-order chi connectivity index (χ0) is 25.5. The number of aryl methyl sites for hydroxylation is 1. The van der Waals surface area contributed by atoms with Gasteiger partial charge in [-0.15, -0.1) is 0 Å². The quantitative estimate of drug-likeness (QED) is 0.438. The van der Waals surface area contributed by atoms with E-state index in [4.69, 9.17) is 23.2 Å². The van der Waals surface area contributed by atoms with Crippen LogP contribution in [0.15, 0.2) is 42.5 Å². The molecule has 10 heteroatoms. The van der Waals surface area contributed by atoms with Gasteiger partial charge >= 0.3 is 0 Å². The highest BCUT2D eigenvalue weighted by Crippen LogP contribution is 2.25. The smallest absolute Gasteiger partial charge is 0.244 e. The van der Waals surface area contributed by atoms with Crippen molar-refractivity contribution in [2.45, 2.75) is 46.2 Å². The normalized spacial score (nSPS) is 12.2. The van der Waals surface area contributed by atoms with E-state index in [1.165, 1.54) is 4.90 Å². The molecule has 7 nitrogen and oxygen atoms in total. The molecule has 0 aliphatic carbocycles. The molecule has 0 bridgehead atoms. The van der Waals surface area contributed by atoms with Gasteiger partial charge in [0.2, 0.25) is 21.8 Å². The molecule has 2 rings (SSSR count). The first kappa shape index (κ1) is 28.0. The van der Waals surface area contributed by atoms with Crippen molar-refractivity contribution in [3.63, 3.8) is 0 Å². The van der Waals surface area contributed by atoms with Crippen molar-refractivity contribution in [2.75, 3.05) is 23.7 Å². The van der Waals surface area contributed by atoms with Crippen LogP contribution in [0.1, 0.15) is 37.8 Å². The molecule has 34 heavy (non-hydrogen) atoms. The van der Waals surface area contributed by atoms with E-state index in [1.54, 1.807) is 56.3 Å². The number of unbranched alkanes of at least 4 members (excludes halogenated alkanes) is 1. The number of anilines is 1. The van der Waals surface area contributed by atoms with Crippen LogP contribution in [-0.4, -0.2) is 50.5 Å². The van der Waals surface area contributed by atoms with Gasteiger partial charge < -0.3 is 10.2 Å². The first-order valence-electron chi connectivity index (χ1n) is 11.0. The lowest BCUT2D eigenvalue weighted by atomic mass is 10.1. The number of benzene rings is 2.